The van der Waals surface area contributed by atoms with Gasteiger partial charge in [-0.3, -0.25) is 0 Å². The van der Waals surface area contributed by atoms with Crippen LogP contribution in [0.15, 0.2) is 533 Å². The molecule has 0 N–H and O–H groups in total. The first kappa shape index (κ1) is 82.4. The Bertz CT molecular complexity index is 9820. The summed E-state index contributed by atoms with van der Waals surface area (Å²) >= 11 is 5.92. The molecule has 142 heavy (non-hydrogen) atoms. The van der Waals surface area contributed by atoms with Gasteiger partial charge < -0.3 is 0 Å². The summed E-state index contributed by atoms with van der Waals surface area (Å²) in [5, 5.41) is 42.2. The van der Waals surface area contributed by atoms with Gasteiger partial charge in [-0.15, -0.1) is 0 Å². The minimum Gasteiger partial charge on any atom is -0.0881 e. The van der Waals surface area contributed by atoms with Crippen LogP contribution in [0.25, 0.3) is 206 Å². The van der Waals surface area contributed by atoms with Crippen LogP contribution >= 0.6 is 35.3 Å². The highest BCUT2D eigenvalue weighted by Gasteiger charge is 2.40. The first-order chi connectivity index (χ1) is 70.5. The molecule has 3 aliphatic rings. The second kappa shape index (κ2) is 33.6. The lowest BCUT2D eigenvalue weighted by Gasteiger charge is -2.34. The van der Waals surface area contributed by atoms with Crippen LogP contribution < -0.4 is 0 Å². The van der Waals surface area contributed by atoms with Crippen LogP contribution in [0, 0.1) is 0 Å². The van der Waals surface area contributed by atoms with E-state index in [9.17, 15) is 0 Å². The highest BCUT2D eigenvalue weighted by molar-refractivity contribution is 8.00. The van der Waals surface area contributed by atoms with Crippen molar-refractivity contribution in [2.75, 3.05) is 0 Å². The van der Waals surface area contributed by atoms with E-state index in [1.807, 2.05) is 35.3 Å². The van der Waals surface area contributed by atoms with E-state index in [4.69, 9.17) is 0 Å². The van der Waals surface area contributed by atoms with Gasteiger partial charge in [0.1, 0.15) is 0 Å². The molecule has 0 atom stereocenters. The van der Waals surface area contributed by atoms with Crippen LogP contribution in [0.4, 0.5) is 0 Å². The minimum absolute atomic E-state index is 0.0247. The third kappa shape index (κ3) is 12.9. The van der Waals surface area contributed by atoms with Crippen molar-refractivity contribution >= 4 is 208 Å². The lowest BCUT2D eigenvalue weighted by molar-refractivity contribution is 0.940. The first-order valence-electron chi connectivity index (χ1n) is 49.3. The van der Waals surface area contributed by atoms with E-state index in [1.54, 1.807) is 0 Å². The molecular formula is C139H86S3. The van der Waals surface area contributed by atoms with E-state index < -0.39 is 0 Å². The van der Waals surface area contributed by atoms with Crippen LogP contribution in [-0.4, -0.2) is 0 Å². The Labute approximate surface area is 834 Å². The zero-order valence-corrected chi connectivity index (χ0v) is 79.8. The topological polar surface area (TPSA) is 0 Å². The number of hydrogen-bond donors (Lipinski definition) is 0. The molecule has 28 aromatic rings. The summed E-state index contributed by atoms with van der Waals surface area (Å²) in [5.74, 6) is 0.148. The summed E-state index contributed by atoms with van der Waals surface area (Å²) in [6.45, 7) is 0. The molecule has 0 bridgehead atoms. The molecule has 28 aromatic carbocycles. The maximum Gasteiger partial charge on any atom is 0.0381 e. The molecule has 0 aliphatic carbocycles. The van der Waals surface area contributed by atoms with Gasteiger partial charge in [-0.25, -0.2) is 0 Å². The lowest BCUT2D eigenvalue weighted by Crippen LogP contribution is -2.13. The Kier molecular flexibility index (Phi) is 19.5. The van der Waals surface area contributed by atoms with Gasteiger partial charge in [0.2, 0.25) is 0 Å². The second-order valence-corrected chi connectivity index (χ2v) is 41.2. The zero-order chi connectivity index (χ0) is 93.1. The Hall–Kier alpha value is -16.6. The third-order valence-corrected chi connectivity index (χ3v) is 34.8. The van der Waals surface area contributed by atoms with Crippen LogP contribution in [0.5, 0.6) is 0 Å². The average Bonchev–Trinajstić information content (AvgIpc) is 0.693. The summed E-state index contributed by atoms with van der Waals surface area (Å²) in [7, 11) is 0. The van der Waals surface area contributed by atoms with Crippen molar-refractivity contribution in [1.29, 1.82) is 0 Å². The summed E-state index contributed by atoms with van der Waals surface area (Å²) in [6, 6.07) is 187. The van der Waals surface area contributed by atoms with Gasteiger partial charge >= 0.3 is 0 Å². The highest BCUT2D eigenvalue weighted by Crippen LogP contribution is 2.64. The predicted molar refractivity (Wildman–Crippen MR) is 610 cm³/mol. The van der Waals surface area contributed by atoms with Gasteiger partial charge in [0.05, 0.1) is 0 Å². The fourth-order valence-electron chi connectivity index (χ4n) is 24.9. The number of hydrogen-bond acceptors (Lipinski definition) is 3. The van der Waals surface area contributed by atoms with E-state index in [0.29, 0.717) is 0 Å². The molecule has 0 unspecified atom stereocenters. The van der Waals surface area contributed by atoms with Crippen molar-refractivity contribution in [3.05, 3.63) is 554 Å². The summed E-state index contributed by atoms with van der Waals surface area (Å²) in [4.78, 5) is 8.27. The van der Waals surface area contributed by atoms with Crippen molar-refractivity contribution < 1.29 is 0 Å². The molecule has 0 radical (unpaired) electrons. The smallest absolute Gasteiger partial charge is 0.0381 e. The number of rotatable bonds is 6. The molecule has 31 rings (SSSR count). The molecule has 3 aliphatic heterocycles. The first-order valence-corrected chi connectivity index (χ1v) is 51.8. The molecule has 0 saturated heterocycles. The highest BCUT2D eigenvalue weighted by atomic mass is 32.2. The lowest BCUT2D eigenvalue weighted by atomic mass is 9.76. The van der Waals surface area contributed by atoms with E-state index in [1.165, 1.54) is 285 Å². The van der Waals surface area contributed by atoms with Gasteiger partial charge in [0, 0.05) is 47.1 Å². The molecular weight excluding hydrogens is 1770 g/mol. The molecule has 0 fully saturated rings. The number of benzene rings is 28. The zero-order valence-electron chi connectivity index (χ0n) is 77.4. The molecule has 3 heteroatoms. The van der Waals surface area contributed by atoms with Gasteiger partial charge in [0.15, 0.2) is 0 Å². The molecule has 0 spiro atoms. The van der Waals surface area contributed by atoms with Crippen molar-refractivity contribution in [3.63, 3.8) is 0 Å². The Morgan fingerprint density at radius 1 is 0.120 bits per heavy atom. The van der Waals surface area contributed by atoms with Crippen LogP contribution in [0.1, 0.15) is 67.8 Å². The SMILES string of the molecule is c1ccc(-c2ccc(C3c4c(c5ccccc5c5ccccc45)Sc4c3c3ccccc3c3ccccc43)c3ccccc23)cc1.c1ccc(-c2ccc3cc(C4c5c(c6ccccc6c6ccccc56)Sc5c4c4ccccc4c4ccccc54)ccc3c2)cc1.c1ccc2c(-c3ccc(C4c5c(c6ccccc6c6ccccc56)Sc5c4c4ccccc4c4ccccc54)c4ccccc34)cccc2c1. The van der Waals surface area contributed by atoms with Crippen LogP contribution in [0.3, 0.4) is 0 Å². The maximum absolute atomic E-state index is 2.45. The normalized spacial score (nSPS) is 13.0. The molecule has 3 heterocycles. The minimum atomic E-state index is 0.0247. The summed E-state index contributed by atoms with van der Waals surface area (Å²) in [6.07, 6.45) is 0. The second-order valence-electron chi connectivity index (χ2n) is 38.2. The Balaban J connectivity index is 0.000000102. The van der Waals surface area contributed by atoms with Crippen molar-refractivity contribution in [2.45, 2.75) is 47.1 Å². The average molecular weight is 1850 g/mol. The Morgan fingerprint density at radius 2 is 0.359 bits per heavy atom. The van der Waals surface area contributed by atoms with Gasteiger partial charge in [0.25, 0.3) is 0 Å². The maximum atomic E-state index is 2.45. The van der Waals surface area contributed by atoms with Gasteiger partial charge in [-0.2, -0.15) is 0 Å². The Morgan fingerprint density at radius 3 is 0.711 bits per heavy atom. The van der Waals surface area contributed by atoms with Gasteiger partial charge in [-0.05, 0) is 262 Å². The molecule has 0 aromatic heterocycles. The third-order valence-electron chi connectivity index (χ3n) is 30.9. The van der Waals surface area contributed by atoms with Crippen LogP contribution in [0.2, 0.25) is 0 Å². The van der Waals surface area contributed by atoms with Crippen molar-refractivity contribution in [1.82, 2.24) is 0 Å². The van der Waals surface area contributed by atoms with E-state index in [0.717, 1.165) is 0 Å². The van der Waals surface area contributed by atoms with E-state index >= 15 is 0 Å². The molecule has 0 amide bonds. The van der Waals surface area contributed by atoms with Crippen molar-refractivity contribution in [2.24, 2.45) is 0 Å². The van der Waals surface area contributed by atoms with E-state index in [2.05, 4.69) is 504 Å². The molecule has 0 saturated carbocycles. The standard InChI is InChI=1S/C49H30S.2C45H28S/c1-2-16-31-30(14-1)15-13-27-32(31)39-28-29-42(34-18-4-3-17-33(34)39)45-46-40-23-9-5-19-35(40)37-21-7-11-25-43(37)48(46)50-49-44-26-12-8-22-38(44)36-20-6-10-24-41(36)47(45)49;1-2-12-28(13-3-1)29-22-23-31-27-32(25-24-30(31)26-29)41-42-37-18-8-4-14-33(37)35-16-6-10-20-39(35)44(42)46-45-40-21-11-7-17-36(40)34-15-5-9-19-38(34)43(41)45;1-2-14-28(15-3-1)29-26-27-38(31-17-5-4-16-30(29)31)41-42-36-22-10-6-18-32(36)34-20-8-12-24-39(34)44(42)46-45-40-25-13-9-21-35(40)33-19-7-11-23-37(33)43(41)45/h1-29,45H;2*1-27,41H. The predicted octanol–water partition coefficient (Wildman–Crippen LogP) is 39.4. The van der Waals surface area contributed by atoms with Gasteiger partial charge in [-0.1, -0.05) is 533 Å². The van der Waals surface area contributed by atoms with E-state index in [-0.39, 0.29) is 17.8 Å². The molecule has 0 nitrogen and oxygen atoms in total. The van der Waals surface area contributed by atoms with Crippen LogP contribution in [-0.2, 0) is 0 Å². The quantitative estimate of drug-likeness (QED) is 0.152. The number of fused-ring (bicyclic) bond motifs is 40. The monoisotopic (exact) mass is 1850 g/mol. The summed E-state index contributed by atoms with van der Waals surface area (Å²) < 4.78 is 0. The fraction of sp³-hybridized carbons (Fsp3) is 0.0216. The fourth-order valence-corrected chi connectivity index (χ4v) is 29.2. The van der Waals surface area contributed by atoms with Crippen molar-refractivity contribution in [3.8, 4) is 33.4 Å². The largest absolute Gasteiger partial charge is 0.0881 e. The molecule has 660 valence electrons. The summed E-state index contributed by atoms with van der Waals surface area (Å²) in [5.41, 5.74) is 20.1.